The maximum atomic E-state index is 12.3. The summed E-state index contributed by atoms with van der Waals surface area (Å²) in [4.78, 5) is 24.2. The van der Waals surface area contributed by atoms with Crippen molar-refractivity contribution in [3.05, 3.63) is 30.7 Å². The molecule has 29 heavy (non-hydrogen) atoms. The minimum absolute atomic E-state index is 0.138. The zero-order valence-corrected chi connectivity index (χ0v) is 16.3. The van der Waals surface area contributed by atoms with Crippen molar-refractivity contribution in [2.45, 2.75) is 25.0 Å². The highest BCUT2D eigenvalue weighted by molar-refractivity contribution is 5.93. The Morgan fingerprint density at radius 3 is 2.76 bits per heavy atom. The summed E-state index contributed by atoms with van der Waals surface area (Å²) < 4.78 is 7.22. The van der Waals surface area contributed by atoms with Gasteiger partial charge in [-0.2, -0.15) is 5.10 Å². The molecule has 2 fully saturated rings. The number of carbonyl (C=O) groups is 1. The number of aryl methyl sites for hydroxylation is 1. The fourth-order valence-electron chi connectivity index (χ4n) is 3.99. The van der Waals surface area contributed by atoms with Crippen LogP contribution in [0.4, 0.5) is 10.5 Å². The lowest BCUT2D eigenvalue weighted by molar-refractivity contribution is -0.0452. The van der Waals surface area contributed by atoms with Crippen molar-refractivity contribution in [1.82, 2.24) is 24.6 Å². The van der Waals surface area contributed by atoms with E-state index in [0.717, 1.165) is 41.1 Å². The number of aliphatic hydroxyl groups excluding tert-OH is 1. The lowest BCUT2D eigenvalue weighted by Gasteiger charge is -2.38. The van der Waals surface area contributed by atoms with Crippen molar-refractivity contribution in [2.75, 3.05) is 31.1 Å². The van der Waals surface area contributed by atoms with Gasteiger partial charge in [0.25, 0.3) is 0 Å². The Morgan fingerprint density at radius 2 is 2.07 bits per heavy atom. The molecule has 3 aromatic rings. The highest BCUT2D eigenvalue weighted by Crippen LogP contribution is 2.31. The molecule has 0 spiro atoms. The number of hydrogen-bond acceptors (Lipinski definition) is 6. The normalized spacial score (nSPS) is 22.0. The molecule has 1 saturated heterocycles. The van der Waals surface area contributed by atoms with E-state index in [2.05, 4.69) is 26.0 Å². The number of H-pyrrole nitrogens is 1. The van der Waals surface area contributed by atoms with Crippen LogP contribution in [0.5, 0.6) is 0 Å². The summed E-state index contributed by atoms with van der Waals surface area (Å²) in [6.45, 7) is 2.68. The molecule has 4 heterocycles. The molecule has 0 radical (unpaired) electrons. The highest BCUT2D eigenvalue weighted by Gasteiger charge is 2.33. The number of fused-ring (bicyclic) bond motifs is 1. The summed E-state index contributed by atoms with van der Waals surface area (Å²) in [5, 5.41) is 14.6. The Morgan fingerprint density at radius 1 is 1.28 bits per heavy atom. The molecule has 0 bridgehead atoms. The molecule has 1 amide bonds. The van der Waals surface area contributed by atoms with Crippen LogP contribution in [0.25, 0.3) is 22.3 Å². The number of aromatic nitrogens is 4. The van der Waals surface area contributed by atoms with Crippen LogP contribution in [0.3, 0.4) is 0 Å². The van der Waals surface area contributed by atoms with Crippen LogP contribution >= 0.6 is 0 Å². The number of hydrogen-bond donors (Lipinski definition) is 2. The van der Waals surface area contributed by atoms with E-state index in [0.29, 0.717) is 25.9 Å². The predicted molar refractivity (Wildman–Crippen MR) is 108 cm³/mol. The van der Waals surface area contributed by atoms with Gasteiger partial charge in [0.15, 0.2) is 0 Å². The summed E-state index contributed by atoms with van der Waals surface area (Å²) >= 11 is 0. The smallest absolute Gasteiger partial charge is 0.410 e. The third-order valence-electron chi connectivity index (χ3n) is 5.74. The molecular formula is C20H24N6O3. The summed E-state index contributed by atoms with van der Waals surface area (Å²) in [6.07, 6.45) is 5.97. The molecule has 0 unspecified atom stereocenters. The lowest BCUT2D eigenvalue weighted by atomic mass is 9.92. The van der Waals surface area contributed by atoms with Crippen LogP contribution in [0.2, 0.25) is 0 Å². The maximum Gasteiger partial charge on any atom is 0.410 e. The summed E-state index contributed by atoms with van der Waals surface area (Å²) in [7, 11) is 1.90. The SMILES string of the molecule is Cn1cc(-c2cc3c(N4CCN(C(=O)O[C@H]5C[C@@H](O)C5)CC4)ccnc3[nH]2)cn1. The van der Waals surface area contributed by atoms with Crippen molar-refractivity contribution in [1.29, 1.82) is 0 Å². The fourth-order valence-corrected chi connectivity index (χ4v) is 3.99. The van der Waals surface area contributed by atoms with Gasteiger partial charge in [-0.3, -0.25) is 4.68 Å². The average Bonchev–Trinajstić information content (AvgIpc) is 3.32. The number of piperazine rings is 1. The molecule has 9 nitrogen and oxygen atoms in total. The van der Waals surface area contributed by atoms with Crippen LogP contribution in [-0.4, -0.2) is 74.2 Å². The van der Waals surface area contributed by atoms with Gasteiger partial charge in [0.05, 0.1) is 18.0 Å². The molecule has 2 aliphatic rings. The van der Waals surface area contributed by atoms with Crippen LogP contribution < -0.4 is 4.90 Å². The van der Waals surface area contributed by atoms with Gasteiger partial charge in [-0.1, -0.05) is 0 Å². The van der Waals surface area contributed by atoms with Crippen LogP contribution in [0.1, 0.15) is 12.8 Å². The van der Waals surface area contributed by atoms with Crippen LogP contribution in [0, 0.1) is 0 Å². The lowest BCUT2D eigenvalue weighted by Crippen LogP contribution is -2.50. The number of nitrogens with zero attached hydrogens (tertiary/aromatic N) is 5. The average molecular weight is 396 g/mol. The summed E-state index contributed by atoms with van der Waals surface area (Å²) in [5.41, 5.74) is 3.95. The van der Waals surface area contributed by atoms with E-state index in [4.69, 9.17) is 4.74 Å². The van der Waals surface area contributed by atoms with E-state index in [1.165, 1.54) is 0 Å². The van der Waals surface area contributed by atoms with Gasteiger partial charge < -0.3 is 24.6 Å². The maximum absolute atomic E-state index is 12.3. The first-order valence-electron chi connectivity index (χ1n) is 9.92. The van der Waals surface area contributed by atoms with Crippen molar-refractivity contribution >= 4 is 22.8 Å². The Hall–Kier alpha value is -3.07. The van der Waals surface area contributed by atoms with Gasteiger partial charge in [0.2, 0.25) is 0 Å². The van der Waals surface area contributed by atoms with Gasteiger partial charge in [0.1, 0.15) is 11.8 Å². The van der Waals surface area contributed by atoms with Crippen molar-refractivity contribution < 1.29 is 14.6 Å². The molecule has 3 aromatic heterocycles. The second kappa shape index (κ2) is 7.07. The van der Waals surface area contributed by atoms with Gasteiger partial charge in [0, 0.05) is 75.1 Å². The first-order chi connectivity index (χ1) is 14.1. The Labute approximate surface area is 167 Å². The number of nitrogens with one attached hydrogen (secondary N) is 1. The predicted octanol–water partition coefficient (Wildman–Crippen LogP) is 1.75. The third kappa shape index (κ3) is 3.42. The van der Waals surface area contributed by atoms with Crippen LogP contribution in [-0.2, 0) is 11.8 Å². The van der Waals surface area contributed by atoms with E-state index in [1.54, 1.807) is 9.58 Å². The quantitative estimate of drug-likeness (QED) is 0.700. The Balaban J connectivity index is 1.29. The van der Waals surface area contributed by atoms with E-state index >= 15 is 0 Å². The Bertz CT molecular complexity index is 1030. The molecule has 1 saturated carbocycles. The number of carbonyl (C=O) groups excluding carboxylic acids is 1. The molecule has 152 valence electrons. The topological polar surface area (TPSA) is 99.5 Å². The molecular weight excluding hydrogens is 372 g/mol. The van der Waals surface area contributed by atoms with E-state index in [9.17, 15) is 9.90 Å². The van der Waals surface area contributed by atoms with Crippen molar-refractivity contribution in [3.8, 4) is 11.3 Å². The standard InChI is InChI=1S/C20H24N6O3/c1-24-12-13(11-22-24)17-10-16-18(2-3-21-19(16)23-17)25-4-6-26(7-5-25)20(28)29-15-8-14(27)9-15/h2-3,10-12,14-15,27H,4-9H2,1H3,(H,21,23)/t14-,15+. The number of aliphatic hydroxyl groups is 1. The first kappa shape index (κ1) is 18.0. The fraction of sp³-hybridized carbons (Fsp3) is 0.450. The monoisotopic (exact) mass is 396 g/mol. The molecule has 9 heteroatoms. The number of anilines is 1. The second-order valence-electron chi connectivity index (χ2n) is 7.78. The minimum atomic E-state index is -0.323. The first-order valence-corrected chi connectivity index (χ1v) is 9.92. The molecule has 1 aliphatic carbocycles. The van der Waals surface area contributed by atoms with Crippen molar-refractivity contribution in [3.63, 3.8) is 0 Å². The molecule has 1 aliphatic heterocycles. The molecule has 0 aromatic carbocycles. The highest BCUT2D eigenvalue weighted by atomic mass is 16.6. The number of amides is 1. The van der Waals surface area contributed by atoms with E-state index in [1.807, 2.05) is 31.7 Å². The van der Waals surface area contributed by atoms with Gasteiger partial charge in [-0.05, 0) is 12.1 Å². The van der Waals surface area contributed by atoms with Crippen molar-refractivity contribution in [2.24, 2.45) is 7.05 Å². The third-order valence-corrected chi connectivity index (χ3v) is 5.74. The minimum Gasteiger partial charge on any atom is -0.446 e. The number of ether oxygens (including phenoxy) is 1. The number of aromatic amines is 1. The van der Waals surface area contributed by atoms with Gasteiger partial charge >= 0.3 is 6.09 Å². The summed E-state index contributed by atoms with van der Waals surface area (Å²) in [5.74, 6) is 0. The van der Waals surface area contributed by atoms with E-state index in [-0.39, 0.29) is 18.3 Å². The van der Waals surface area contributed by atoms with Crippen LogP contribution in [0.15, 0.2) is 30.7 Å². The number of pyridine rings is 1. The van der Waals surface area contributed by atoms with Gasteiger partial charge in [-0.15, -0.1) is 0 Å². The largest absolute Gasteiger partial charge is 0.446 e. The zero-order chi connectivity index (χ0) is 20.0. The molecule has 2 N–H and O–H groups in total. The Kier molecular flexibility index (Phi) is 4.39. The number of rotatable bonds is 3. The zero-order valence-electron chi connectivity index (χ0n) is 16.3. The molecule has 5 rings (SSSR count). The van der Waals surface area contributed by atoms with E-state index < -0.39 is 0 Å². The second-order valence-corrected chi connectivity index (χ2v) is 7.78. The van der Waals surface area contributed by atoms with Gasteiger partial charge in [-0.25, -0.2) is 9.78 Å². The molecule has 0 atom stereocenters. The summed E-state index contributed by atoms with van der Waals surface area (Å²) in [6, 6.07) is 4.13.